The number of para-hydroxylation sites is 1. The molecule has 0 radical (unpaired) electrons. The minimum absolute atomic E-state index is 0.129. The first-order chi connectivity index (χ1) is 17.1. The Hall–Kier alpha value is -4.60. The number of ether oxygens (including phenoxy) is 1. The first kappa shape index (κ1) is 21.0. The number of benzene rings is 1. The van der Waals surface area contributed by atoms with Crippen molar-refractivity contribution in [1.82, 2.24) is 14.7 Å². The molecule has 1 aromatic carbocycles. The fourth-order valence-electron chi connectivity index (χ4n) is 4.82. The van der Waals surface area contributed by atoms with E-state index in [0.29, 0.717) is 34.7 Å². The first-order valence-electron chi connectivity index (χ1n) is 11.0. The third-order valence-corrected chi connectivity index (χ3v) is 6.25. The molecule has 174 valence electrons. The average molecular weight is 471 g/mol. The highest BCUT2D eigenvalue weighted by molar-refractivity contribution is 6.47. The number of hydrogen-bond acceptors (Lipinski definition) is 7. The van der Waals surface area contributed by atoms with E-state index in [0.717, 1.165) is 5.56 Å². The zero-order valence-electron chi connectivity index (χ0n) is 18.3. The monoisotopic (exact) mass is 471 g/mol. The molecule has 0 aliphatic carbocycles. The SMILES string of the molecule is O=C1NC(=O)C(c2cnc3ccccn23)=C1C1=NC=CN2c3c(cccc31)CC2C(=O)OCCF. The van der Waals surface area contributed by atoms with Gasteiger partial charge in [-0.3, -0.25) is 24.3 Å². The minimum Gasteiger partial charge on any atom is -0.461 e. The number of rotatable bonds is 5. The van der Waals surface area contributed by atoms with Crippen molar-refractivity contribution >= 4 is 40.4 Å². The fraction of sp³-hybridized carbons (Fsp3) is 0.160. The molecule has 6 rings (SSSR count). The zero-order valence-corrected chi connectivity index (χ0v) is 18.3. The summed E-state index contributed by atoms with van der Waals surface area (Å²) in [5, 5.41) is 2.39. The van der Waals surface area contributed by atoms with E-state index in [4.69, 9.17) is 4.74 Å². The van der Waals surface area contributed by atoms with Gasteiger partial charge in [0.2, 0.25) is 0 Å². The highest BCUT2D eigenvalue weighted by atomic mass is 19.1. The molecule has 10 heteroatoms. The quantitative estimate of drug-likeness (QED) is 0.451. The molecule has 35 heavy (non-hydrogen) atoms. The second kappa shape index (κ2) is 8.01. The second-order valence-corrected chi connectivity index (χ2v) is 8.18. The Labute approximate surface area is 198 Å². The number of amides is 2. The summed E-state index contributed by atoms with van der Waals surface area (Å²) in [5.41, 5.74) is 3.84. The van der Waals surface area contributed by atoms with Crippen molar-refractivity contribution in [3.8, 4) is 0 Å². The van der Waals surface area contributed by atoms with Crippen LogP contribution in [0, 0.1) is 0 Å². The maximum Gasteiger partial charge on any atom is 0.329 e. The second-order valence-electron chi connectivity index (χ2n) is 8.18. The van der Waals surface area contributed by atoms with Crippen molar-refractivity contribution in [2.45, 2.75) is 12.5 Å². The lowest BCUT2D eigenvalue weighted by atomic mass is 9.94. The van der Waals surface area contributed by atoms with Crippen molar-refractivity contribution in [2.24, 2.45) is 4.99 Å². The molecule has 1 N–H and O–H groups in total. The van der Waals surface area contributed by atoms with E-state index in [9.17, 15) is 18.8 Å². The average Bonchev–Trinajstić information content (AvgIpc) is 3.49. The highest BCUT2D eigenvalue weighted by Crippen LogP contribution is 2.40. The van der Waals surface area contributed by atoms with Crippen LogP contribution in [-0.4, -0.2) is 52.2 Å². The molecule has 0 spiro atoms. The number of carbonyl (C=O) groups is 3. The Morgan fingerprint density at radius 1 is 1.14 bits per heavy atom. The highest BCUT2D eigenvalue weighted by Gasteiger charge is 2.41. The van der Waals surface area contributed by atoms with Gasteiger partial charge in [-0.1, -0.05) is 24.3 Å². The predicted octanol–water partition coefficient (Wildman–Crippen LogP) is 1.96. The molecular weight excluding hydrogens is 453 g/mol. The van der Waals surface area contributed by atoms with E-state index in [1.54, 1.807) is 40.0 Å². The number of imidazole rings is 1. The van der Waals surface area contributed by atoms with Gasteiger partial charge < -0.3 is 9.64 Å². The molecule has 2 amide bonds. The molecule has 1 unspecified atom stereocenters. The lowest BCUT2D eigenvalue weighted by molar-refractivity contribution is -0.145. The van der Waals surface area contributed by atoms with E-state index < -0.39 is 30.5 Å². The van der Waals surface area contributed by atoms with Crippen molar-refractivity contribution in [1.29, 1.82) is 0 Å². The Morgan fingerprint density at radius 3 is 2.86 bits per heavy atom. The van der Waals surface area contributed by atoms with Gasteiger partial charge in [-0.15, -0.1) is 0 Å². The minimum atomic E-state index is -0.761. The van der Waals surface area contributed by atoms with E-state index >= 15 is 0 Å². The van der Waals surface area contributed by atoms with E-state index in [2.05, 4.69) is 15.3 Å². The van der Waals surface area contributed by atoms with Crippen LogP contribution in [0.5, 0.6) is 0 Å². The predicted molar refractivity (Wildman–Crippen MR) is 124 cm³/mol. The molecule has 0 saturated heterocycles. The van der Waals surface area contributed by atoms with Crippen LogP contribution in [0.2, 0.25) is 0 Å². The third kappa shape index (κ3) is 3.17. The van der Waals surface area contributed by atoms with E-state index in [1.165, 1.54) is 6.20 Å². The number of aliphatic imine (C=N–C) groups is 1. The Bertz CT molecular complexity index is 1520. The Morgan fingerprint density at radius 2 is 2.00 bits per heavy atom. The molecule has 2 aromatic heterocycles. The van der Waals surface area contributed by atoms with Crippen LogP contribution in [0.3, 0.4) is 0 Å². The van der Waals surface area contributed by atoms with Crippen LogP contribution in [0.25, 0.3) is 11.2 Å². The lowest BCUT2D eigenvalue weighted by Crippen LogP contribution is -2.37. The van der Waals surface area contributed by atoms with Gasteiger partial charge in [-0.2, -0.15) is 0 Å². The fourth-order valence-corrected chi connectivity index (χ4v) is 4.82. The number of alkyl halides is 1. The number of aromatic nitrogens is 2. The summed E-state index contributed by atoms with van der Waals surface area (Å²) in [7, 11) is 0. The van der Waals surface area contributed by atoms with Crippen LogP contribution < -0.4 is 10.2 Å². The van der Waals surface area contributed by atoms with Crippen molar-refractivity contribution in [3.05, 3.63) is 83.6 Å². The summed E-state index contributed by atoms with van der Waals surface area (Å²) in [6, 6.07) is 10.2. The maximum atomic E-state index is 13.1. The summed E-state index contributed by atoms with van der Waals surface area (Å²) in [6.07, 6.45) is 6.79. The number of anilines is 1. The van der Waals surface area contributed by atoms with Gasteiger partial charge in [0.25, 0.3) is 11.8 Å². The van der Waals surface area contributed by atoms with Gasteiger partial charge >= 0.3 is 5.97 Å². The van der Waals surface area contributed by atoms with Gasteiger partial charge in [-0.25, -0.2) is 14.2 Å². The zero-order chi connectivity index (χ0) is 24.1. The van der Waals surface area contributed by atoms with Crippen LogP contribution in [-0.2, 0) is 25.5 Å². The molecule has 1 atom stereocenters. The summed E-state index contributed by atoms with van der Waals surface area (Å²) < 4.78 is 19.4. The van der Waals surface area contributed by atoms with Crippen molar-refractivity contribution in [2.75, 3.05) is 18.2 Å². The Kier molecular flexibility index (Phi) is 4.80. The van der Waals surface area contributed by atoms with Gasteiger partial charge in [0, 0.05) is 30.6 Å². The molecule has 3 aliphatic heterocycles. The maximum absolute atomic E-state index is 13.1. The molecular formula is C25H18FN5O4. The number of esters is 1. The summed E-state index contributed by atoms with van der Waals surface area (Å²) in [6.45, 7) is -1.07. The Balaban J connectivity index is 1.51. The summed E-state index contributed by atoms with van der Waals surface area (Å²) >= 11 is 0. The number of hydrogen-bond donors (Lipinski definition) is 1. The van der Waals surface area contributed by atoms with Crippen LogP contribution in [0.15, 0.2) is 71.8 Å². The number of nitrogens with zero attached hydrogens (tertiary/aromatic N) is 4. The molecule has 0 fully saturated rings. The standard InChI is InChI=1S/C25H18FN5O4/c26-7-11-35-25(34)16-12-14-4-3-5-15-21(27-8-10-31(16)22(14)15)20-19(23(32)29-24(20)33)17-13-28-18-6-1-2-9-30(17)18/h1-6,8-10,13,16H,7,11-12H2,(H,29,32,33). The summed E-state index contributed by atoms with van der Waals surface area (Å²) in [4.78, 5) is 49.3. The van der Waals surface area contributed by atoms with Gasteiger partial charge in [0.1, 0.15) is 25.0 Å². The molecule has 0 bridgehead atoms. The normalized spacial score (nSPS) is 18.6. The smallest absolute Gasteiger partial charge is 0.329 e. The number of pyridine rings is 1. The number of carbonyl (C=O) groups excluding carboxylic acids is 3. The van der Waals surface area contributed by atoms with Gasteiger partial charge in [-0.05, 0) is 17.7 Å². The lowest BCUT2D eigenvalue weighted by Gasteiger charge is -2.22. The topological polar surface area (TPSA) is 105 Å². The van der Waals surface area contributed by atoms with Crippen molar-refractivity contribution in [3.63, 3.8) is 0 Å². The number of fused-ring (bicyclic) bond motifs is 1. The van der Waals surface area contributed by atoms with Crippen LogP contribution in [0.4, 0.5) is 10.1 Å². The first-order valence-corrected chi connectivity index (χ1v) is 11.0. The van der Waals surface area contributed by atoms with E-state index in [1.807, 2.05) is 24.3 Å². The number of halogens is 1. The van der Waals surface area contributed by atoms with Crippen LogP contribution >= 0.6 is 0 Å². The molecule has 0 saturated carbocycles. The largest absolute Gasteiger partial charge is 0.461 e. The van der Waals surface area contributed by atoms with Crippen LogP contribution in [0.1, 0.15) is 16.8 Å². The van der Waals surface area contributed by atoms with Crippen molar-refractivity contribution < 1.29 is 23.5 Å². The summed E-state index contributed by atoms with van der Waals surface area (Å²) in [5.74, 6) is -1.65. The molecule has 3 aromatic rings. The number of nitrogens with one attached hydrogen (secondary N) is 1. The molecule has 9 nitrogen and oxygen atoms in total. The molecule has 3 aliphatic rings. The van der Waals surface area contributed by atoms with Gasteiger partial charge in [0.05, 0.1) is 34.4 Å². The number of imide groups is 1. The van der Waals surface area contributed by atoms with E-state index in [-0.39, 0.29) is 17.8 Å². The third-order valence-electron chi connectivity index (χ3n) is 6.25. The molecule has 5 heterocycles. The van der Waals surface area contributed by atoms with Gasteiger partial charge in [0.15, 0.2) is 0 Å².